The van der Waals surface area contributed by atoms with Crippen molar-refractivity contribution in [2.45, 2.75) is 5.41 Å². The summed E-state index contributed by atoms with van der Waals surface area (Å²) in [6, 6.07) is 31.0. The van der Waals surface area contributed by atoms with Crippen LogP contribution < -0.4 is 0 Å². The third-order valence-electron chi connectivity index (χ3n) is 3.94. The summed E-state index contributed by atoms with van der Waals surface area (Å²) in [6.45, 7) is 0. The molecule has 0 aromatic heterocycles. The molecule has 3 aromatic rings. The lowest BCUT2D eigenvalue weighted by molar-refractivity contribution is 0.853. The van der Waals surface area contributed by atoms with Gasteiger partial charge in [-0.05, 0) is 16.7 Å². The highest BCUT2D eigenvalue weighted by Gasteiger charge is 2.38. The topological polar surface area (TPSA) is 0 Å². The van der Waals surface area contributed by atoms with E-state index < -0.39 is 5.41 Å². The van der Waals surface area contributed by atoms with Gasteiger partial charge in [0, 0.05) is 0 Å². The van der Waals surface area contributed by atoms with E-state index in [0.717, 1.165) is 16.7 Å². The number of hydrogen-bond acceptors (Lipinski definition) is 1. The monoisotopic (exact) mass is 320 g/mol. The molecule has 0 spiro atoms. The fraction of sp³-hybridized carbons (Fsp3) is 0.0500. The van der Waals surface area contributed by atoms with Gasteiger partial charge in [-0.1, -0.05) is 103 Å². The van der Waals surface area contributed by atoms with Gasteiger partial charge in [-0.2, -0.15) is 0 Å². The molecule has 2 heteroatoms. The SMILES string of the molecule is S=C(S)C(c1ccccc1)(c1ccccc1)c1ccccc1. The van der Waals surface area contributed by atoms with Gasteiger partial charge >= 0.3 is 0 Å². The Hall–Kier alpha value is -1.90. The quantitative estimate of drug-likeness (QED) is 0.388. The molecule has 0 nitrogen and oxygen atoms in total. The molecule has 0 saturated carbocycles. The molecule has 0 fully saturated rings. The van der Waals surface area contributed by atoms with Crippen molar-refractivity contribution in [2.75, 3.05) is 0 Å². The summed E-state index contributed by atoms with van der Waals surface area (Å²) in [5.74, 6) is 0. The van der Waals surface area contributed by atoms with Gasteiger partial charge < -0.3 is 0 Å². The van der Waals surface area contributed by atoms with Crippen molar-refractivity contribution in [3.63, 3.8) is 0 Å². The smallest absolute Gasteiger partial charge is 0.0861 e. The molecular weight excluding hydrogens is 304 g/mol. The molecule has 0 amide bonds. The molecule has 3 aromatic carbocycles. The highest BCUT2D eigenvalue weighted by molar-refractivity contribution is 8.11. The minimum absolute atomic E-state index is 0.526. The van der Waals surface area contributed by atoms with Crippen molar-refractivity contribution in [2.24, 2.45) is 0 Å². The molecule has 0 bridgehead atoms. The van der Waals surface area contributed by atoms with E-state index in [2.05, 4.69) is 49.0 Å². The van der Waals surface area contributed by atoms with Crippen LogP contribution in [-0.2, 0) is 5.41 Å². The second kappa shape index (κ2) is 6.47. The van der Waals surface area contributed by atoms with E-state index in [1.165, 1.54) is 0 Å². The van der Waals surface area contributed by atoms with Crippen LogP contribution in [0, 0.1) is 0 Å². The number of thiol groups is 1. The second-order valence-corrected chi connectivity index (χ2v) is 6.31. The van der Waals surface area contributed by atoms with Crippen molar-refractivity contribution in [3.05, 3.63) is 108 Å². The fourth-order valence-corrected chi connectivity index (χ4v) is 3.68. The standard InChI is InChI=1S/C20H16S2/c21-19(22)20(16-10-4-1-5-11-16,17-12-6-2-7-13-17)18-14-8-3-9-15-18/h1-15H,(H,21,22). The minimum atomic E-state index is -0.526. The first-order valence-electron chi connectivity index (χ1n) is 7.16. The van der Waals surface area contributed by atoms with Crippen molar-refractivity contribution in [1.82, 2.24) is 0 Å². The van der Waals surface area contributed by atoms with E-state index in [4.69, 9.17) is 12.2 Å². The Morgan fingerprint density at radius 1 is 0.591 bits per heavy atom. The third kappa shape index (κ3) is 2.49. The van der Waals surface area contributed by atoms with Crippen molar-refractivity contribution >= 4 is 29.0 Å². The van der Waals surface area contributed by atoms with Crippen LogP contribution in [0.5, 0.6) is 0 Å². The van der Waals surface area contributed by atoms with Gasteiger partial charge in [0.15, 0.2) is 0 Å². The lowest BCUT2D eigenvalue weighted by Crippen LogP contribution is -2.34. The Balaban J connectivity index is 2.37. The van der Waals surface area contributed by atoms with Crippen LogP contribution in [0.4, 0.5) is 0 Å². The molecule has 3 rings (SSSR count). The molecule has 0 unspecified atom stereocenters. The van der Waals surface area contributed by atoms with E-state index in [0.29, 0.717) is 4.20 Å². The first-order chi connectivity index (χ1) is 10.8. The van der Waals surface area contributed by atoms with Crippen LogP contribution in [-0.4, -0.2) is 4.20 Å². The predicted octanol–water partition coefficient (Wildman–Crippen LogP) is 5.28. The van der Waals surface area contributed by atoms with Crippen LogP contribution in [0.25, 0.3) is 0 Å². The Labute approximate surface area is 142 Å². The molecular formula is C20H16S2. The number of benzene rings is 3. The second-order valence-electron chi connectivity index (χ2n) is 5.15. The van der Waals surface area contributed by atoms with E-state index in [9.17, 15) is 0 Å². The molecule has 108 valence electrons. The summed E-state index contributed by atoms with van der Waals surface area (Å²) in [6.07, 6.45) is 0. The maximum absolute atomic E-state index is 5.64. The largest absolute Gasteiger partial charge is 0.135 e. The van der Waals surface area contributed by atoms with Gasteiger partial charge in [-0.3, -0.25) is 0 Å². The summed E-state index contributed by atoms with van der Waals surface area (Å²) in [5, 5.41) is 0. The summed E-state index contributed by atoms with van der Waals surface area (Å²) in [7, 11) is 0. The Morgan fingerprint density at radius 2 is 0.864 bits per heavy atom. The van der Waals surface area contributed by atoms with Crippen LogP contribution >= 0.6 is 24.8 Å². The zero-order valence-electron chi connectivity index (χ0n) is 12.0. The normalized spacial score (nSPS) is 11.1. The highest BCUT2D eigenvalue weighted by atomic mass is 32.1. The van der Waals surface area contributed by atoms with Gasteiger partial charge in [-0.15, -0.1) is 12.6 Å². The number of rotatable bonds is 4. The van der Waals surface area contributed by atoms with Crippen molar-refractivity contribution in [3.8, 4) is 0 Å². The highest BCUT2D eigenvalue weighted by Crippen LogP contribution is 2.41. The molecule has 0 aliphatic rings. The van der Waals surface area contributed by atoms with Crippen LogP contribution in [0.3, 0.4) is 0 Å². The Bertz CT molecular complexity index is 653. The van der Waals surface area contributed by atoms with E-state index in [1.807, 2.05) is 54.6 Å². The first kappa shape index (κ1) is 15.0. The number of thiocarbonyl (C=S) groups is 1. The maximum atomic E-state index is 5.64. The lowest BCUT2D eigenvalue weighted by Gasteiger charge is -2.34. The molecule has 0 saturated heterocycles. The summed E-state index contributed by atoms with van der Waals surface area (Å²) in [4.78, 5) is 0. The van der Waals surface area contributed by atoms with Crippen LogP contribution in [0.15, 0.2) is 91.0 Å². The molecule has 0 heterocycles. The van der Waals surface area contributed by atoms with E-state index >= 15 is 0 Å². The van der Waals surface area contributed by atoms with Crippen molar-refractivity contribution in [1.29, 1.82) is 0 Å². The average molecular weight is 320 g/mol. The van der Waals surface area contributed by atoms with E-state index in [-0.39, 0.29) is 0 Å². The molecule has 0 atom stereocenters. The third-order valence-corrected chi connectivity index (χ3v) is 4.58. The van der Waals surface area contributed by atoms with Gasteiger partial charge in [0.1, 0.15) is 0 Å². The summed E-state index contributed by atoms with van der Waals surface area (Å²) in [5.41, 5.74) is 2.87. The maximum Gasteiger partial charge on any atom is 0.0861 e. The summed E-state index contributed by atoms with van der Waals surface area (Å²) >= 11 is 10.3. The average Bonchev–Trinajstić information content (AvgIpc) is 2.58. The summed E-state index contributed by atoms with van der Waals surface area (Å²) < 4.78 is 0.649. The van der Waals surface area contributed by atoms with E-state index in [1.54, 1.807) is 0 Å². The zero-order valence-corrected chi connectivity index (χ0v) is 13.7. The van der Waals surface area contributed by atoms with Crippen LogP contribution in [0.1, 0.15) is 16.7 Å². The predicted molar refractivity (Wildman–Crippen MR) is 101 cm³/mol. The molecule has 0 aliphatic carbocycles. The fourth-order valence-electron chi connectivity index (χ4n) is 2.93. The van der Waals surface area contributed by atoms with Gasteiger partial charge in [-0.25, -0.2) is 0 Å². The van der Waals surface area contributed by atoms with Gasteiger partial charge in [0.25, 0.3) is 0 Å². The zero-order chi connectivity index (χ0) is 15.4. The Kier molecular flexibility index (Phi) is 4.41. The van der Waals surface area contributed by atoms with Crippen LogP contribution in [0.2, 0.25) is 0 Å². The van der Waals surface area contributed by atoms with Gasteiger partial charge in [0.05, 0.1) is 9.61 Å². The Morgan fingerprint density at radius 3 is 1.09 bits per heavy atom. The molecule has 0 aliphatic heterocycles. The number of hydrogen-bond donors (Lipinski definition) is 1. The molecule has 0 radical (unpaired) electrons. The minimum Gasteiger partial charge on any atom is -0.135 e. The lowest BCUT2D eigenvalue weighted by atomic mass is 9.71. The molecule has 0 N–H and O–H groups in total. The molecule has 22 heavy (non-hydrogen) atoms. The van der Waals surface area contributed by atoms with Gasteiger partial charge in [0.2, 0.25) is 0 Å². The first-order valence-corrected chi connectivity index (χ1v) is 8.02. The van der Waals surface area contributed by atoms with Crippen molar-refractivity contribution < 1.29 is 0 Å².